The Labute approximate surface area is 92.2 Å². The lowest BCUT2D eigenvalue weighted by Gasteiger charge is -2.14. The first-order valence-corrected chi connectivity index (χ1v) is 5.61. The number of halogens is 1. The minimum atomic E-state index is 0.353. The number of nitrogens with zero attached hydrogens (tertiary/aromatic N) is 3. The van der Waals surface area contributed by atoms with Crippen molar-refractivity contribution in [3.8, 4) is 0 Å². The second-order valence-corrected chi connectivity index (χ2v) is 4.68. The molecule has 0 aromatic carbocycles. The summed E-state index contributed by atoms with van der Waals surface area (Å²) < 4.78 is 2.81. The molecule has 1 atom stereocenters. The molecule has 2 N–H and O–H groups in total. The maximum Gasteiger partial charge on any atom is 0.128 e. The summed E-state index contributed by atoms with van der Waals surface area (Å²) in [5, 5.41) is 4.25. The molecule has 1 aliphatic rings. The largest absolute Gasteiger partial charge is 0.326 e. The van der Waals surface area contributed by atoms with Gasteiger partial charge >= 0.3 is 0 Å². The summed E-state index contributed by atoms with van der Waals surface area (Å²) in [4.78, 5) is 2.37. The van der Waals surface area contributed by atoms with Crippen LogP contribution < -0.4 is 5.73 Å². The first kappa shape index (κ1) is 10.1. The normalized spacial score (nSPS) is 23.2. The van der Waals surface area contributed by atoms with Crippen LogP contribution in [-0.2, 0) is 13.6 Å². The highest BCUT2D eigenvalue weighted by atomic mass is 79.9. The number of nitrogens with two attached hydrogens (primary N) is 1. The maximum absolute atomic E-state index is 5.85. The third kappa shape index (κ3) is 2.16. The summed E-state index contributed by atoms with van der Waals surface area (Å²) in [6.07, 6.45) is 1.11. The molecule has 0 aliphatic carbocycles. The maximum atomic E-state index is 5.85. The lowest BCUT2D eigenvalue weighted by molar-refractivity contribution is 0.317. The molecular weight excluding hydrogens is 244 g/mol. The Morgan fingerprint density at radius 3 is 3.00 bits per heavy atom. The third-order valence-electron chi connectivity index (χ3n) is 2.64. The number of rotatable bonds is 2. The van der Waals surface area contributed by atoms with Gasteiger partial charge in [-0.2, -0.15) is 5.10 Å². The van der Waals surface area contributed by atoms with Crippen molar-refractivity contribution in [3.63, 3.8) is 0 Å². The first-order valence-electron chi connectivity index (χ1n) is 4.81. The standard InChI is InChI=1S/C9H15BrN4/c1-13-8(4-9(10)12-13)6-14-3-2-7(11)5-14/h4,7H,2-3,5-6,11H2,1H3/t7-/m1/s1. The highest BCUT2D eigenvalue weighted by Crippen LogP contribution is 2.15. The van der Waals surface area contributed by atoms with Gasteiger partial charge in [0.25, 0.3) is 0 Å². The zero-order valence-corrected chi connectivity index (χ0v) is 9.87. The van der Waals surface area contributed by atoms with E-state index in [2.05, 4.69) is 32.0 Å². The van der Waals surface area contributed by atoms with E-state index in [1.165, 1.54) is 5.69 Å². The van der Waals surface area contributed by atoms with E-state index < -0.39 is 0 Å². The van der Waals surface area contributed by atoms with Crippen LogP contribution >= 0.6 is 15.9 Å². The van der Waals surface area contributed by atoms with Gasteiger partial charge in [-0.15, -0.1) is 0 Å². The molecule has 1 aliphatic heterocycles. The van der Waals surface area contributed by atoms with Gasteiger partial charge in [-0.05, 0) is 28.4 Å². The smallest absolute Gasteiger partial charge is 0.128 e. The van der Waals surface area contributed by atoms with Crippen molar-refractivity contribution in [1.82, 2.24) is 14.7 Å². The van der Waals surface area contributed by atoms with Crippen molar-refractivity contribution in [3.05, 3.63) is 16.4 Å². The van der Waals surface area contributed by atoms with Crippen LogP contribution in [0.2, 0.25) is 0 Å². The van der Waals surface area contributed by atoms with Crippen LogP contribution in [0.5, 0.6) is 0 Å². The topological polar surface area (TPSA) is 47.1 Å². The summed E-state index contributed by atoms with van der Waals surface area (Å²) >= 11 is 3.37. The fraction of sp³-hybridized carbons (Fsp3) is 0.667. The van der Waals surface area contributed by atoms with Gasteiger partial charge in [0, 0.05) is 32.7 Å². The van der Waals surface area contributed by atoms with E-state index in [0.29, 0.717) is 6.04 Å². The van der Waals surface area contributed by atoms with E-state index in [4.69, 9.17) is 5.73 Å². The number of likely N-dealkylation sites (tertiary alicyclic amines) is 1. The van der Waals surface area contributed by atoms with Crippen molar-refractivity contribution in [2.24, 2.45) is 12.8 Å². The molecule has 0 saturated carbocycles. The van der Waals surface area contributed by atoms with E-state index in [1.54, 1.807) is 0 Å². The van der Waals surface area contributed by atoms with Gasteiger partial charge in [0.2, 0.25) is 0 Å². The van der Waals surface area contributed by atoms with E-state index in [9.17, 15) is 0 Å². The van der Waals surface area contributed by atoms with Gasteiger partial charge in [-0.3, -0.25) is 9.58 Å². The van der Waals surface area contributed by atoms with Crippen LogP contribution in [0.3, 0.4) is 0 Å². The number of aromatic nitrogens is 2. The van der Waals surface area contributed by atoms with Crippen LogP contribution in [0, 0.1) is 0 Å². The van der Waals surface area contributed by atoms with Crippen LogP contribution in [-0.4, -0.2) is 33.8 Å². The summed E-state index contributed by atoms with van der Waals surface area (Å²) in [6, 6.07) is 2.41. The Bertz CT molecular complexity index is 323. The molecule has 78 valence electrons. The summed E-state index contributed by atoms with van der Waals surface area (Å²) in [5.74, 6) is 0. The lowest BCUT2D eigenvalue weighted by Crippen LogP contribution is -2.26. The Morgan fingerprint density at radius 2 is 2.50 bits per heavy atom. The lowest BCUT2D eigenvalue weighted by atomic mass is 10.3. The Balaban J connectivity index is 2.00. The Hall–Kier alpha value is -0.390. The van der Waals surface area contributed by atoms with Crippen LogP contribution in [0.15, 0.2) is 10.7 Å². The van der Waals surface area contributed by atoms with Gasteiger partial charge in [-0.1, -0.05) is 0 Å². The highest BCUT2D eigenvalue weighted by molar-refractivity contribution is 9.10. The summed E-state index contributed by atoms with van der Waals surface area (Å²) in [7, 11) is 1.97. The van der Waals surface area contributed by atoms with Crippen molar-refractivity contribution >= 4 is 15.9 Å². The fourth-order valence-electron chi connectivity index (χ4n) is 1.85. The Kier molecular flexibility index (Phi) is 2.90. The summed E-state index contributed by atoms with van der Waals surface area (Å²) in [6.45, 7) is 3.05. The van der Waals surface area contributed by atoms with Crippen LogP contribution in [0.1, 0.15) is 12.1 Å². The van der Waals surface area contributed by atoms with Gasteiger partial charge in [0.05, 0.1) is 5.69 Å². The van der Waals surface area contributed by atoms with Gasteiger partial charge in [0.1, 0.15) is 4.60 Å². The van der Waals surface area contributed by atoms with Gasteiger partial charge in [0.15, 0.2) is 0 Å². The molecule has 14 heavy (non-hydrogen) atoms. The molecule has 0 unspecified atom stereocenters. The van der Waals surface area contributed by atoms with E-state index >= 15 is 0 Å². The zero-order chi connectivity index (χ0) is 10.1. The first-order chi connectivity index (χ1) is 6.65. The average Bonchev–Trinajstić information content (AvgIpc) is 2.61. The molecule has 0 radical (unpaired) electrons. The number of aryl methyl sites for hydroxylation is 1. The quantitative estimate of drug-likeness (QED) is 0.851. The van der Waals surface area contributed by atoms with E-state index in [-0.39, 0.29) is 0 Å². The van der Waals surface area contributed by atoms with Crippen molar-refractivity contribution in [2.45, 2.75) is 19.0 Å². The zero-order valence-electron chi connectivity index (χ0n) is 8.28. The molecular formula is C9H15BrN4. The van der Waals surface area contributed by atoms with Gasteiger partial charge in [-0.25, -0.2) is 0 Å². The third-order valence-corrected chi connectivity index (χ3v) is 3.03. The van der Waals surface area contributed by atoms with Crippen molar-refractivity contribution in [2.75, 3.05) is 13.1 Å². The van der Waals surface area contributed by atoms with Crippen LogP contribution in [0.25, 0.3) is 0 Å². The van der Waals surface area contributed by atoms with Gasteiger partial charge < -0.3 is 5.73 Å². The Morgan fingerprint density at radius 1 is 1.71 bits per heavy atom. The molecule has 1 aromatic heterocycles. The molecule has 2 rings (SSSR count). The molecule has 0 amide bonds. The van der Waals surface area contributed by atoms with E-state index in [1.807, 2.05) is 11.7 Å². The number of hydrogen-bond acceptors (Lipinski definition) is 3. The van der Waals surface area contributed by atoms with Crippen molar-refractivity contribution in [1.29, 1.82) is 0 Å². The molecule has 1 aromatic rings. The average molecular weight is 259 g/mol. The summed E-state index contributed by atoms with van der Waals surface area (Å²) in [5.41, 5.74) is 7.08. The molecule has 0 spiro atoms. The minimum absolute atomic E-state index is 0.353. The molecule has 1 saturated heterocycles. The van der Waals surface area contributed by atoms with Crippen LogP contribution in [0.4, 0.5) is 0 Å². The second kappa shape index (κ2) is 4.00. The van der Waals surface area contributed by atoms with E-state index in [0.717, 1.165) is 30.7 Å². The SMILES string of the molecule is Cn1nc(Br)cc1CN1CC[C@@H](N)C1. The molecule has 5 heteroatoms. The predicted molar refractivity (Wildman–Crippen MR) is 58.8 cm³/mol. The van der Waals surface area contributed by atoms with Crippen molar-refractivity contribution < 1.29 is 0 Å². The number of hydrogen-bond donors (Lipinski definition) is 1. The molecule has 1 fully saturated rings. The second-order valence-electron chi connectivity index (χ2n) is 3.87. The highest BCUT2D eigenvalue weighted by Gasteiger charge is 2.19. The predicted octanol–water partition coefficient (Wildman–Crippen LogP) is 0.716. The molecule has 2 heterocycles. The molecule has 4 nitrogen and oxygen atoms in total. The fourth-order valence-corrected chi connectivity index (χ4v) is 2.35. The minimum Gasteiger partial charge on any atom is -0.326 e. The monoisotopic (exact) mass is 258 g/mol. The molecule has 0 bridgehead atoms.